The van der Waals surface area contributed by atoms with Crippen LogP contribution >= 0.6 is 0 Å². The van der Waals surface area contributed by atoms with E-state index >= 15 is 0 Å². The maximum absolute atomic E-state index is 6.06. The van der Waals surface area contributed by atoms with Crippen molar-refractivity contribution in [3.8, 4) is 0 Å². The predicted molar refractivity (Wildman–Crippen MR) is 74.7 cm³/mol. The van der Waals surface area contributed by atoms with E-state index in [1.807, 2.05) is 0 Å². The number of hydrogen-bond acceptors (Lipinski definition) is 2. The molecule has 2 nitrogen and oxygen atoms in total. The Morgan fingerprint density at radius 3 is 2.29 bits per heavy atom. The van der Waals surface area contributed by atoms with E-state index < -0.39 is 8.32 Å². The summed E-state index contributed by atoms with van der Waals surface area (Å²) in [7, 11) is -1.35. The van der Waals surface area contributed by atoms with E-state index in [4.69, 9.17) is 4.43 Å². The molecular weight excluding hydrogens is 226 g/mol. The summed E-state index contributed by atoms with van der Waals surface area (Å²) in [4.78, 5) is 2.45. The molecule has 0 unspecified atom stereocenters. The van der Waals surface area contributed by atoms with Crippen molar-refractivity contribution in [1.82, 2.24) is 4.90 Å². The normalized spacial score (nSPS) is 18.1. The van der Waals surface area contributed by atoms with Crippen LogP contribution in [0.1, 0.15) is 11.1 Å². The average Bonchev–Trinajstić information content (AvgIpc) is 2.16. The van der Waals surface area contributed by atoms with Gasteiger partial charge in [0.25, 0.3) is 0 Å². The van der Waals surface area contributed by atoms with Gasteiger partial charge in [0.2, 0.25) is 0 Å². The van der Waals surface area contributed by atoms with Crippen LogP contribution in [0.25, 0.3) is 0 Å². The van der Waals surface area contributed by atoms with Gasteiger partial charge in [0.15, 0.2) is 8.32 Å². The highest BCUT2D eigenvalue weighted by atomic mass is 28.4. The van der Waals surface area contributed by atoms with Gasteiger partial charge in [0.05, 0.1) is 6.10 Å². The highest BCUT2D eigenvalue weighted by Crippen LogP contribution is 2.19. The standard InChI is InChI=1S/C14H23NOSi/c1-12-5-7-13(8-6-12)9-15-10-14(11-15)16-17(2,3)4/h5-8,14H,9-11H2,1-4H3. The van der Waals surface area contributed by atoms with Gasteiger partial charge in [-0.05, 0) is 32.1 Å². The molecule has 1 fully saturated rings. The molecular formula is C14H23NOSi. The average molecular weight is 249 g/mol. The molecule has 17 heavy (non-hydrogen) atoms. The van der Waals surface area contributed by atoms with Crippen LogP contribution in [0.3, 0.4) is 0 Å². The lowest BCUT2D eigenvalue weighted by atomic mass is 10.1. The third kappa shape index (κ3) is 3.94. The predicted octanol–water partition coefficient (Wildman–Crippen LogP) is 3.03. The number of likely N-dealkylation sites (tertiary alicyclic amines) is 1. The minimum Gasteiger partial charge on any atom is -0.412 e. The second-order valence-electron chi connectivity index (χ2n) is 6.03. The summed E-state index contributed by atoms with van der Waals surface area (Å²) in [6.07, 6.45) is 0.479. The first-order valence-corrected chi connectivity index (χ1v) is 9.79. The molecule has 1 aliphatic heterocycles. The molecule has 0 saturated carbocycles. The number of nitrogens with zero attached hydrogens (tertiary/aromatic N) is 1. The van der Waals surface area contributed by atoms with Gasteiger partial charge in [-0.15, -0.1) is 0 Å². The molecule has 0 bridgehead atoms. The second-order valence-corrected chi connectivity index (χ2v) is 10.5. The SMILES string of the molecule is Cc1ccc(CN2CC(O[Si](C)(C)C)C2)cc1. The summed E-state index contributed by atoms with van der Waals surface area (Å²) in [6.45, 7) is 12.2. The summed E-state index contributed by atoms with van der Waals surface area (Å²) in [6, 6.07) is 8.82. The summed E-state index contributed by atoms with van der Waals surface area (Å²) in [5.74, 6) is 0. The minimum atomic E-state index is -1.35. The fourth-order valence-corrected chi connectivity index (χ4v) is 3.33. The Labute approximate surface area is 106 Å². The molecule has 3 heteroatoms. The minimum absolute atomic E-state index is 0.479. The van der Waals surface area contributed by atoms with Crippen LogP contribution < -0.4 is 0 Å². The van der Waals surface area contributed by atoms with E-state index in [1.165, 1.54) is 11.1 Å². The third-order valence-corrected chi connectivity index (χ3v) is 4.01. The Morgan fingerprint density at radius 1 is 1.18 bits per heavy atom. The molecule has 94 valence electrons. The smallest absolute Gasteiger partial charge is 0.184 e. The van der Waals surface area contributed by atoms with E-state index in [0.717, 1.165) is 19.6 Å². The lowest BCUT2D eigenvalue weighted by molar-refractivity contribution is 0.00954. The van der Waals surface area contributed by atoms with Crippen LogP contribution in [-0.2, 0) is 11.0 Å². The van der Waals surface area contributed by atoms with Gasteiger partial charge in [0.1, 0.15) is 0 Å². The topological polar surface area (TPSA) is 12.5 Å². The summed E-state index contributed by atoms with van der Waals surface area (Å²) < 4.78 is 6.06. The molecule has 0 aromatic heterocycles. The molecule has 1 aliphatic rings. The van der Waals surface area contributed by atoms with E-state index in [1.54, 1.807) is 0 Å². The Morgan fingerprint density at radius 2 is 1.76 bits per heavy atom. The molecule has 0 radical (unpaired) electrons. The first kappa shape index (κ1) is 12.8. The second kappa shape index (κ2) is 4.92. The van der Waals surface area contributed by atoms with E-state index in [0.29, 0.717) is 6.10 Å². The van der Waals surface area contributed by atoms with Gasteiger partial charge in [-0.2, -0.15) is 0 Å². The monoisotopic (exact) mass is 249 g/mol. The van der Waals surface area contributed by atoms with Gasteiger partial charge < -0.3 is 4.43 Å². The molecule has 0 N–H and O–H groups in total. The van der Waals surface area contributed by atoms with Gasteiger partial charge >= 0.3 is 0 Å². The Hall–Kier alpha value is -0.643. The molecule has 2 rings (SSSR count). The molecule has 1 heterocycles. The highest BCUT2D eigenvalue weighted by Gasteiger charge is 2.31. The third-order valence-electron chi connectivity index (χ3n) is 2.97. The largest absolute Gasteiger partial charge is 0.412 e. The Kier molecular flexibility index (Phi) is 3.71. The number of hydrogen-bond donors (Lipinski definition) is 0. The van der Waals surface area contributed by atoms with Crippen molar-refractivity contribution in [3.05, 3.63) is 35.4 Å². The van der Waals surface area contributed by atoms with E-state index in [9.17, 15) is 0 Å². The summed E-state index contributed by atoms with van der Waals surface area (Å²) in [5, 5.41) is 0. The summed E-state index contributed by atoms with van der Waals surface area (Å²) in [5.41, 5.74) is 2.74. The van der Waals surface area contributed by atoms with Crippen LogP contribution in [0, 0.1) is 6.92 Å². The van der Waals surface area contributed by atoms with Crippen molar-refractivity contribution in [2.75, 3.05) is 13.1 Å². The fraction of sp³-hybridized carbons (Fsp3) is 0.571. The number of rotatable bonds is 4. The van der Waals surface area contributed by atoms with E-state index in [2.05, 4.69) is 55.7 Å². The van der Waals surface area contributed by atoms with Crippen molar-refractivity contribution in [2.45, 2.75) is 39.2 Å². The molecule has 0 spiro atoms. The zero-order valence-electron chi connectivity index (χ0n) is 11.4. The zero-order chi connectivity index (χ0) is 12.5. The van der Waals surface area contributed by atoms with Gasteiger partial charge in [-0.3, -0.25) is 4.90 Å². The van der Waals surface area contributed by atoms with Crippen molar-refractivity contribution < 1.29 is 4.43 Å². The molecule has 1 aromatic rings. The van der Waals surface area contributed by atoms with E-state index in [-0.39, 0.29) is 0 Å². The van der Waals surface area contributed by atoms with Crippen LogP contribution in [0.4, 0.5) is 0 Å². The van der Waals surface area contributed by atoms with Crippen LogP contribution in [0.5, 0.6) is 0 Å². The van der Waals surface area contributed by atoms with Crippen molar-refractivity contribution in [3.63, 3.8) is 0 Å². The Bertz CT molecular complexity index is 363. The zero-order valence-corrected chi connectivity index (χ0v) is 12.4. The maximum Gasteiger partial charge on any atom is 0.184 e. The molecule has 1 aromatic carbocycles. The highest BCUT2D eigenvalue weighted by molar-refractivity contribution is 6.69. The van der Waals surface area contributed by atoms with Crippen molar-refractivity contribution in [1.29, 1.82) is 0 Å². The fourth-order valence-electron chi connectivity index (χ4n) is 2.18. The van der Waals surface area contributed by atoms with Crippen LogP contribution in [-0.4, -0.2) is 32.4 Å². The first-order chi connectivity index (χ1) is 7.92. The lowest BCUT2D eigenvalue weighted by Gasteiger charge is -2.42. The molecule has 1 saturated heterocycles. The van der Waals surface area contributed by atoms with Crippen LogP contribution in [0.15, 0.2) is 24.3 Å². The Balaban J connectivity index is 1.76. The first-order valence-electron chi connectivity index (χ1n) is 6.38. The summed E-state index contributed by atoms with van der Waals surface area (Å²) >= 11 is 0. The van der Waals surface area contributed by atoms with Gasteiger partial charge in [-0.25, -0.2) is 0 Å². The number of aryl methyl sites for hydroxylation is 1. The quantitative estimate of drug-likeness (QED) is 0.761. The lowest BCUT2D eigenvalue weighted by Crippen LogP contribution is -2.54. The molecule has 0 aliphatic carbocycles. The maximum atomic E-state index is 6.06. The van der Waals surface area contributed by atoms with Crippen molar-refractivity contribution in [2.24, 2.45) is 0 Å². The van der Waals surface area contributed by atoms with Crippen molar-refractivity contribution >= 4 is 8.32 Å². The van der Waals surface area contributed by atoms with Gasteiger partial charge in [-0.1, -0.05) is 29.8 Å². The molecule has 0 amide bonds. The molecule has 0 atom stereocenters. The van der Waals surface area contributed by atoms with Gasteiger partial charge in [0, 0.05) is 19.6 Å². The number of benzene rings is 1. The van der Waals surface area contributed by atoms with Crippen LogP contribution in [0.2, 0.25) is 19.6 Å².